The van der Waals surface area contributed by atoms with Gasteiger partial charge in [-0.05, 0) is 31.4 Å². The number of nitrogen functional groups attached to an aromatic ring is 1. The number of aromatic nitrogens is 5. The number of ether oxygens (including phenoxy) is 1. The summed E-state index contributed by atoms with van der Waals surface area (Å²) in [6.45, 7) is 4.37. The Morgan fingerprint density at radius 2 is 2.09 bits per heavy atom. The summed E-state index contributed by atoms with van der Waals surface area (Å²) in [4.78, 5) is 9.06. The molecule has 2 N–H and O–H groups in total. The molecule has 0 atom stereocenters. The number of nitrogens with zero attached hydrogens (tertiary/aromatic N) is 5. The zero-order valence-corrected chi connectivity index (χ0v) is 17.9. The fourth-order valence-corrected chi connectivity index (χ4v) is 4.06. The predicted octanol–water partition coefficient (Wildman–Crippen LogP) is 4.35. The molecular formula is C24H23FN6O2. The number of benzene rings is 1. The van der Waals surface area contributed by atoms with Gasteiger partial charge in [0.05, 0.1) is 24.4 Å². The van der Waals surface area contributed by atoms with Crippen molar-refractivity contribution in [3.05, 3.63) is 78.5 Å². The first-order valence-electron chi connectivity index (χ1n) is 10.7. The molecule has 33 heavy (non-hydrogen) atoms. The van der Waals surface area contributed by atoms with Gasteiger partial charge in [0.2, 0.25) is 0 Å². The van der Waals surface area contributed by atoms with E-state index in [9.17, 15) is 4.39 Å². The minimum atomic E-state index is -0.465. The van der Waals surface area contributed by atoms with Crippen molar-refractivity contribution in [3.63, 3.8) is 0 Å². The van der Waals surface area contributed by atoms with Crippen LogP contribution in [-0.4, -0.2) is 31.5 Å². The monoisotopic (exact) mass is 446 g/mol. The summed E-state index contributed by atoms with van der Waals surface area (Å²) in [5, 5.41) is 8.64. The molecule has 1 aliphatic rings. The van der Waals surface area contributed by atoms with Crippen LogP contribution in [0.5, 0.6) is 0 Å². The molecule has 0 radical (unpaired) electrons. The van der Waals surface area contributed by atoms with Crippen molar-refractivity contribution in [2.75, 3.05) is 12.3 Å². The maximum atomic E-state index is 14.3. The molecule has 1 aliphatic carbocycles. The summed E-state index contributed by atoms with van der Waals surface area (Å²) in [5.74, 6) is 0.415. The van der Waals surface area contributed by atoms with Gasteiger partial charge >= 0.3 is 0 Å². The number of rotatable bonds is 8. The minimum absolute atomic E-state index is 0.209. The molecule has 3 aromatic heterocycles. The summed E-state index contributed by atoms with van der Waals surface area (Å²) in [6.07, 6.45) is 7.69. The summed E-state index contributed by atoms with van der Waals surface area (Å²) in [5.41, 5.74) is 8.87. The van der Waals surface area contributed by atoms with Crippen LogP contribution in [0.3, 0.4) is 0 Å². The quantitative estimate of drug-likeness (QED) is 0.401. The Balaban J connectivity index is 1.51. The number of halogens is 1. The van der Waals surface area contributed by atoms with Crippen molar-refractivity contribution < 1.29 is 13.7 Å². The van der Waals surface area contributed by atoms with E-state index >= 15 is 0 Å². The molecule has 9 heteroatoms. The second-order valence-electron chi connectivity index (χ2n) is 7.99. The largest absolute Gasteiger partial charge is 0.383 e. The second kappa shape index (κ2) is 8.59. The first-order chi connectivity index (χ1) is 16.1. The van der Waals surface area contributed by atoms with Gasteiger partial charge in [-0.2, -0.15) is 5.10 Å². The topological polar surface area (TPSA) is 105 Å². The van der Waals surface area contributed by atoms with Gasteiger partial charge in [0.25, 0.3) is 0 Å². The highest BCUT2D eigenvalue weighted by Crippen LogP contribution is 2.46. The first-order valence-corrected chi connectivity index (χ1v) is 10.7. The van der Waals surface area contributed by atoms with Crippen molar-refractivity contribution in [2.45, 2.75) is 31.4 Å². The molecule has 5 rings (SSSR count). The van der Waals surface area contributed by atoms with Crippen LogP contribution in [0, 0.1) is 5.82 Å². The van der Waals surface area contributed by atoms with Crippen molar-refractivity contribution >= 4 is 5.82 Å². The van der Waals surface area contributed by atoms with Crippen LogP contribution in [0.2, 0.25) is 0 Å². The number of anilines is 1. The Labute approximate surface area is 189 Å². The predicted molar refractivity (Wildman–Crippen MR) is 120 cm³/mol. The lowest BCUT2D eigenvalue weighted by molar-refractivity contribution is -0.0945. The van der Waals surface area contributed by atoms with E-state index in [0.29, 0.717) is 40.9 Å². The van der Waals surface area contributed by atoms with Crippen molar-refractivity contribution in [1.82, 2.24) is 24.9 Å². The number of nitrogens with two attached hydrogens (primary N) is 1. The van der Waals surface area contributed by atoms with Gasteiger partial charge < -0.3 is 15.0 Å². The molecule has 0 spiro atoms. The van der Waals surface area contributed by atoms with E-state index in [1.165, 1.54) is 12.3 Å². The lowest BCUT2D eigenvalue weighted by Gasteiger charge is -2.41. The minimum Gasteiger partial charge on any atom is -0.383 e. The molecule has 0 aliphatic heterocycles. The molecule has 3 heterocycles. The van der Waals surface area contributed by atoms with Gasteiger partial charge in [0.1, 0.15) is 29.3 Å². The molecule has 8 nitrogen and oxygen atoms in total. The van der Waals surface area contributed by atoms with Crippen molar-refractivity contribution in [1.29, 1.82) is 0 Å². The van der Waals surface area contributed by atoms with Crippen LogP contribution in [0.15, 0.2) is 66.0 Å². The maximum Gasteiger partial charge on any atom is 0.182 e. The van der Waals surface area contributed by atoms with Crippen LogP contribution in [-0.2, 0) is 16.9 Å². The van der Waals surface area contributed by atoms with E-state index < -0.39 is 5.60 Å². The summed E-state index contributed by atoms with van der Waals surface area (Å²) >= 11 is 0. The fourth-order valence-electron chi connectivity index (χ4n) is 4.06. The average Bonchev–Trinajstić information content (AvgIpc) is 3.45. The van der Waals surface area contributed by atoms with Crippen molar-refractivity contribution in [3.8, 4) is 22.9 Å². The van der Waals surface area contributed by atoms with E-state index in [-0.39, 0.29) is 12.4 Å². The lowest BCUT2D eigenvalue weighted by atomic mass is 9.75. The molecule has 1 saturated carbocycles. The Morgan fingerprint density at radius 1 is 1.24 bits per heavy atom. The highest BCUT2D eigenvalue weighted by molar-refractivity contribution is 5.63. The number of hydrogen-bond acceptors (Lipinski definition) is 7. The molecule has 0 saturated heterocycles. The normalized spacial score (nSPS) is 14.7. The van der Waals surface area contributed by atoms with Gasteiger partial charge in [-0.15, -0.1) is 6.58 Å². The third-order valence-electron chi connectivity index (χ3n) is 5.94. The Kier molecular flexibility index (Phi) is 5.47. The van der Waals surface area contributed by atoms with Crippen LogP contribution in [0.1, 0.15) is 30.4 Å². The molecular weight excluding hydrogens is 423 g/mol. The van der Waals surface area contributed by atoms with Crippen LogP contribution >= 0.6 is 0 Å². The molecule has 1 aromatic carbocycles. The zero-order chi connectivity index (χ0) is 22.8. The van der Waals surface area contributed by atoms with Crippen LogP contribution in [0.25, 0.3) is 22.9 Å². The third-order valence-corrected chi connectivity index (χ3v) is 5.94. The lowest BCUT2D eigenvalue weighted by Crippen LogP contribution is -2.38. The molecule has 1 fully saturated rings. The van der Waals surface area contributed by atoms with Gasteiger partial charge in [-0.3, -0.25) is 4.68 Å². The van der Waals surface area contributed by atoms with Gasteiger partial charge in [-0.25, -0.2) is 14.4 Å². The van der Waals surface area contributed by atoms with Crippen LogP contribution in [0.4, 0.5) is 10.2 Å². The average molecular weight is 446 g/mol. The highest BCUT2D eigenvalue weighted by Gasteiger charge is 2.42. The van der Waals surface area contributed by atoms with Crippen molar-refractivity contribution in [2.24, 2.45) is 0 Å². The first kappa shape index (κ1) is 21.0. The molecule has 0 unspecified atom stereocenters. The van der Waals surface area contributed by atoms with E-state index in [2.05, 4.69) is 26.8 Å². The zero-order valence-electron chi connectivity index (χ0n) is 17.9. The molecule has 0 bridgehead atoms. The van der Waals surface area contributed by atoms with E-state index in [1.54, 1.807) is 47.3 Å². The fraction of sp³-hybridized carbons (Fsp3) is 0.250. The Morgan fingerprint density at radius 3 is 2.76 bits per heavy atom. The SMILES string of the molecule is C=CCOC1(c2cnc(-c3cc(-c4ccon4)n(Cc4ccccc4F)n3)nc2N)CCC1. The van der Waals surface area contributed by atoms with Gasteiger partial charge in [-0.1, -0.05) is 29.4 Å². The van der Waals surface area contributed by atoms with E-state index in [1.807, 2.05) is 0 Å². The summed E-state index contributed by atoms with van der Waals surface area (Å²) in [7, 11) is 0. The third kappa shape index (κ3) is 3.91. The van der Waals surface area contributed by atoms with E-state index in [0.717, 1.165) is 24.8 Å². The summed E-state index contributed by atoms with van der Waals surface area (Å²) < 4.78 is 27.0. The van der Waals surface area contributed by atoms with Crippen LogP contribution < -0.4 is 5.73 Å². The van der Waals surface area contributed by atoms with E-state index in [4.69, 9.17) is 15.0 Å². The Bertz CT molecular complexity index is 1280. The Hall–Kier alpha value is -3.85. The molecule has 0 amide bonds. The molecule has 168 valence electrons. The van der Waals surface area contributed by atoms with Gasteiger partial charge in [0, 0.05) is 23.4 Å². The highest BCUT2D eigenvalue weighted by atomic mass is 19.1. The maximum absolute atomic E-state index is 14.3. The second-order valence-corrected chi connectivity index (χ2v) is 7.99. The van der Waals surface area contributed by atoms with Gasteiger partial charge in [0.15, 0.2) is 5.82 Å². The molecule has 4 aromatic rings. The smallest absolute Gasteiger partial charge is 0.182 e. The summed E-state index contributed by atoms with van der Waals surface area (Å²) in [6, 6.07) is 10.1. The standard InChI is InChI=1S/C24H23FN6O2/c1-2-11-32-24(9-5-10-24)17-14-27-23(28-22(17)26)20-13-21(19-8-12-33-30-19)31(29-20)15-16-6-3-4-7-18(16)25/h2-4,6-8,12-14H,1,5,9-11,15H2,(H2,26,27,28). The number of hydrogen-bond donors (Lipinski definition) is 1.